The number of aromatic nitrogens is 2. The molecule has 4 rings (SSSR count). The maximum absolute atomic E-state index is 13.2. The Hall–Kier alpha value is -3.85. The summed E-state index contributed by atoms with van der Waals surface area (Å²) in [5.41, 5.74) is -1.03. The van der Waals surface area contributed by atoms with Crippen LogP contribution < -0.4 is 16.6 Å². The highest BCUT2D eigenvalue weighted by molar-refractivity contribution is 6.30. The molecule has 1 aromatic heterocycles. The molecule has 0 radical (unpaired) electrons. The number of nitrogens with zero attached hydrogens (tertiary/aromatic N) is 2. The fraction of sp³-hybridized carbons (Fsp3) is 0.125. The lowest BCUT2D eigenvalue weighted by Gasteiger charge is -2.14. The molecule has 10 heteroatoms. The van der Waals surface area contributed by atoms with Crippen molar-refractivity contribution in [2.24, 2.45) is 0 Å². The first-order valence-electron chi connectivity index (χ1n) is 10.1. The van der Waals surface area contributed by atoms with Crippen LogP contribution in [0.25, 0.3) is 10.9 Å². The number of amides is 1. The average molecular weight is 488 g/mol. The summed E-state index contributed by atoms with van der Waals surface area (Å²) in [7, 11) is 0. The normalized spacial score (nSPS) is 11.5. The van der Waals surface area contributed by atoms with Gasteiger partial charge in [0.2, 0.25) is 5.91 Å². The first-order chi connectivity index (χ1) is 16.1. The van der Waals surface area contributed by atoms with Gasteiger partial charge in [0.05, 0.1) is 23.0 Å². The van der Waals surface area contributed by atoms with Crippen LogP contribution in [-0.4, -0.2) is 15.0 Å². The molecule has 0 saturated carbocycles. The minimum absolute atomic E-state index is 0.0520. The fourth-order valence-corrected chi connectivity index (χ4v) is 3.78. The number of para-hydroxylation sites is 1. The zero-order valence-corrected chi connectivity index (χ0v) is 18.2. The van der Waals surface area contributed by atoms with Gasteiger partial charge in [0, 0.05) is 10.7 Å². The Morgan fingerprint density at radius 2 is 1.62 bits per heavy atom. The van der Waals surface area contributed by atoms with Crippen molar-refractivity contribution in [3.63, 3.8) is 0 Å². The van der Waals surface area contributed by atoms with Gasteiger partial charge in [0.1, 0.15) is 6.54 Å². The molecular formula is C24H17ClF3N3O3. The van der Waals surface area contributed by atoms with E-state index in [1.165, 1.54) is 0 Å². The number of benzene rings is 3. The maximum atomic E-state index is 13.2. The number of halogens is 4. The highest BCUT2D eigenvalue weighted by Gasteiger charge is 2.30. The van der Waals surface area contributed by atoms with Gasteiger partial charge in [-0.15, -0.1) is 0 Å². The van der Waals surface area contributed by atoms with Gasteiger partial charge >= 0.3 is 11.9 Å². The van der Waals surface area contributed by atoms with Crippen molar-refractivity contribution < 1.29 is 18.0 Å². The fourth-order valence-electron chi connectivity index (χ4n) is 3.57. The molecule has 1 N–H and O–H groups in total. The van der Waals surface area contributed by atoms with Crippen molar-refractivity contribution in [3.05, 3.63) is 110 Å². The molecule has 0 bridgehead atoms. The molecule has 0 atom stereocenters. The number of nitrogens with one attached hydrogen (secondary N) is 1. The van der Waals surface area contributed by atoms with Crippen LogP contribution in [0.5, 0.6) is 0 Å². The second-order valence-corrected chi connectivity index (χ2v) is 7.97. The standard InChI is InChI=1S/C24H17ClF3N3O3/c25-17-5-3-4-15(12-17)13-31-22(33)19-6-1-2-7-20(19)30(23(31)34)14-21(32)29-18-10-8-16(9-11-18)24(26,27)28/h1-12H,13-14H2,(H,29,32). The van der Waals surface area contributed by atoms with Crippen molar-refractivity contribution in [2.75, 3.05) is 5.32 Å². The Balaban J connectivity index is 1.68. The quantitative estimate of drug-likeness (QED) is 0.450. The van der Waals surface area contributed by atoms with Gasteiger partial charge in [0.15, 0.2) is 0 Å². The Bertz CT molecular complexity index is 1490. The van der Waals surface area contributed by atoms with Crippen LogP contribution in [0.3, 0.4) is 0 Å². The third-order valence-corrected chi connectivity index (χ3v) is 5.39. The first kappa shape index (κ1) is 23.3. The van der Waals surface area contributed by atoms with Gasteiger partial charge in [0.25, 0.3) is 5.56 Å². The summed E-state index contributed by atoms with van der Waals surface area (Å²) in [6, 6.07) is 17.0. The number of rotatable bonds is 5. The first-order valence-corrected chi connectivity index (χ1v) is 10.5. The van der Waals surface area contributed by atoms with E-state index in [1.54, 1.807) is 48.5 Å². The van der Waals surface area contributed by atoms with Gasteiger partial charge in [-0.3, -0.25) is 18.7 Å². The molecule has 0 saturated heterocycles. The zero-order chi connectivity index (χ0) is 24.5. The highest BCUT2D eigenvalue weighted by Crippen LogP contribution is 2.29. The van der Waals surface area contributed by atoms with E-state index in [1.807, 2.05) is 0 Å². The maximum Gasteiger partial charge on any atom is 0.416 e. The van der Waals surface area contributed by atoms with Crippen molar-refractivity contribution in [2.45, 2.75) is 19.3 Å². The summed E-state index contributed by atoms with van der Waals surface area (Å²) < 4.78 is 40.4. The van der Waals surface area contributed by atoms with Crippen LogP contribution in [0.1, 0.15) is 11.1 Å². The lowest BCUT2D eigenvalue weighted by Crippen LogP contribution is -2.42. The monoisotopic (exact) mass is 487 g/mol. The Morgan fingerprint density at radius 1 is 0.912 bits per heavy atom. The number of carbonyl (C=O) groups is 1. The van der Waals surface area contributed by atoms with Gasteiger partial charge in [-0.05, 0) is 54.1 Å². The van der Waals surface area contributed by atoms with E-state index in [0.717, 1.165) is 33.4 Å². The molecule has 4 aromatic rings. The van der Waals surface area contributed by atoms with Crippen LogP contribution in [-0.2, 0) is 24.1 Å². The van der Waals surface area contributed by atoms with Crippen LogP contribution in [0.2, 0.25) is 5.02 Å². The van der Waals surface area contributed by atoms with E-state index < -0.39 is 35.4 Å². The molecular weight excluding hydrogens is 471 g/mol. The minimum atomic E-state index is -4.49. The van der Waals surface area contributed by atoms with Gasteiger partial charge < -0.3 is 5.32 Å². The van der Waals surface area contributed by atoms with Crippen molar-refractivity contribution in [1.29, 1.82) is 0 Å². The van der Waals surface area contributed by atoms with E-state index >= 15 is 0 Å². The molecule has 0 aliphatic carbocycles. The molecule has 174 valence electrons. The van der Waals surface area contributed by atoms with Gasteiger partial charge in [-0.2, -0.15) is 13.2 Å². The van der Waals surface area contributed by atoms with E-state index in [4.69, 9.17) is 11.6 Å². The van der Waals surface area contributed by atoms with Gasteiger partial charge in [-0.1, -0.05) is 35.9 Å². The van der Waals surface area contributed by atoms with Crippen LogP contribution in [0, 0.1) is 0 Å². The Morgan fingerprint density at radius 3 is 2.29 bits per heavy atom. The SMILES string of the molecule is O=C(Cn1c(=O)n(Cc2cccc(Cl)c2)c(=O)c2ccccc21)Nc1ccc(C(F)(F)F)cc1. The van der Waals surface area contributed by atoms with E-state index in [2.05, 4.69) is 5.32 Å². The number of anilines is 1. The Kier molecular flexibility index (Phi) is 6.30. The van der Waals surface area contributed by atoms with Crippen LogP contribution >= 0.6 is 11.6 Å². The number of fused-ring (bicyclic) bond motifs is 1. The number of hydrogen-bond donors (Lipinski definition) is 1. The largest absolute Gasteiger partial charge is 0.416 e. The molecule has 34 heavy (non-hydrogen) atoms. The van der Waals surface area contributed by atoms with E-state index in [0.29, 0.717) is 10.6 Å². The third-order valence-electron chi connectivity index (χ3n) is 5.16. The van der Waals surface area contributed by atoms with Crippen molar-refractivity contribution in [3.8, 4) is 0 Å². The zero-order valence-electron chi connectivity index (χ0n) is 17.5. The molecule has 1 amide bonds. The number of carbonyl (C=O) groups excluding carboxylic acids is 1. The summed E-state index contributed by atoms with van der Waals surface area (Å²) in [6.07, 6.45) is -4.49. The smallest absolute Gasteiger partial charge is 0.325 e. The molecule has 0 aliphatic heterocycles. The average Bonchev–Trinajstić information content (AvgIpc) is 2.79. The Labute approximate surface area is 195 Å². The van der Waals surface area contributed by atoms with E-state index in [9.17, 15) is 27.6 Å². The van der Waals surface area contributed by atoms with Crippen LogP contribution in [0.15, 0.2) is 82.4 Å². The molecule has 0 spiro atoms. The van der Waals surface area contributed by atoms with Crippen molar-refractivity contribution in [1.82, 2.24) is 9.13 Å². The molecule has 1 heterocycles. The summed E-state index contributed by atoms with van der Waals surface area (Å²) >= 11 is 6.01. The molecule has 6 nitrogen and oxygen atoms in total. The summed E-state index contributed by atoms with van der Waals surface area (Å²) in [6.45, 7) is -0.500. The predicted octanol–water partition coefficient (Wildman–Crippen LogP) is 4.52. The highest BCUT2D eigenvalue weighted by atomic mass is 35.5. The molecule has 0 aliphatic rings. The lowest BCUT2D eigenvalue weighted by atomic mass is 10.2. The topological polar surface area (TPSA) is 73.1 Å². The third kappa shape index (κ3) is 4.89. The lowest BCUT2D eigenvalue weighted by molar-refractivity contribution is -0.137. The molecule has 3 aromatic carbocycles. The second-order valence-electron chi connectivity index (χ2n) is 7.53. The summed E-state index contributed by atoms with van der Waals surface area (Å²) in [5, 5.41) is 3.17. The molecule has 0 unspecified atom stereocenters. The predicted molar refractivity (Wildman–Crippen MR) is 123 cm³/mol. The summed E-state index contributed by atoms with van der Waals surface area (Å²) in [4.78, 5) is 38.9. The minimum Gasteiger partial charge on any atom is -0.325 e. The van der Waals surface area contributed by atoms with E-state index in [-0.39, 0.29) is 23.1 Å². The van der Waals surface area contributed by atoms with Crippen LogP contribution in [0.4, 0.5) is 18.9 Å². The summed E-state index contributed by atoms with van der Waals surface area (Å²) in [5.74, 6) is -0.639. The number of alkyl halides is 3. The van der Waals surface area contributed by atoms with Crippen molar-refractivity contribution >= 4 is 34.1 Å². The second kappa shape index (κ2) is 9.18. The van der Waals surface area contributed by atoms with Gasteiger partial charge in [-0.25, -0.2) is 4.79 Å². The molecule has 0 fully saturated rings. The number of hydrogen-bond acceptors (Lipinski definition) is 3.